The Morgan fingerprint density at radius 2 is 2.33 bits per heavy atom. The second kappa shape index (κ2) is 8.95. The van der Waals surface area contributed by atoms with Crippen LogP contribution in [0, 0.1) is 0 Å². The maximum atomic E-state index is 4.67. The molecule has 0 radical (unpaired) electrons. The molecule has 6 heavy (non-hydrogen) atoms. The third kappa shape index (κ3) is 8.90. The zero-order valence-electron chi connectivity index (χ0n) is 3.60. The van der Waals surface area contributed by atoms with Crippen LogP contribution in [0.5, 0.6) is 0 Å². The highest BCUT2D eigenvalue weighted by molar-refractivity contribution is 5.85. The molecule has 4 heteroatoms. The van der Waals surface area contributed by atoms with Crippen molar-refractivity contribution in [2.24, 2.45) is 5.84 Å². The molecular weight excluding hydrogens is 103 g/mol. The average Bonchev–Trinajstić information content (AvgIpc) is 1.41. The van der Waals surface area contributed by atoms with Crippen LogP contribution in [-0.2, 0) is 4.84 Å². The first-order valence-electron chi connectivity index (χ1n) is 1.49. The molecule has 0 fully saturated rings. The zero-order chi connectivity index (χ0) is 4.12. The van der Waals surface area contributed by atoms with E-state index in [1.807, 2.05) is 12.5 Å². The number of hydrogen-bond donors (Lipinski definition) is 2. The molecule has 3 N–H and O–H groups in total. The molecule has 0 amide bonds. The van der Waals surface area contributed by atoms with Crippen molar-refractivity contribution in [3.8, 4) is 0 Å². The summed E-state index contributed by atoms with van der Waals surface area (Å²) in [5.74, 6) is 4.67. The van der Waals surface area contributed by atoms with Gasteiger partial charge in [-0.15, -0.1) is 18.0 Å². The van der Waals surface area contributed by atoms with Crippen LogP contribution < -0.4 is 11.4 Å². The topological polar surface area (TPSA) is 47.3 Å². The Morgan fingerprint density at radius 3 is 2.33 bits per heavy atom. The first-order chi connectivity index (χ1) is 2.41. The van der Waals surface area contributed by atoms with E-state index < -0.39 is 0 Å². The number of nitrogens with two attached hydrogens (primary N) is 1. The fourth-order valence-corrected chi connectivity index (χ4v) is 0.0833. The van der Waals surface area contributed by atoms with Gasteiger partial charge in [-0.2, -0.15) is 0 Å². The van der Waals surface area contributed by atoms with E-state index in [9.17, 15) is 0 Å². The van der Waals surface area contributed by atoms with Crippen molar-refractivity contribution in [3.63, 3.8) is 0 Å². The van der Waals surface area contributed by atoms with E-state index in [4.69, 9.17) is 0 Å². The highest BCUT2D eigenvalue weighted by Crippen LogP contribution is 1.51. The molecule has 0 rings (SSSR count). The lowest BCUT2D eigenvalue weighted by molar-refractivity contribution is 0.0512. The second-order valence-corrected chi connectivity index (χ2v) is 0.551. The van der Waals surface area contributed by atoms with Crippen molar-refractivity contribution in [2.45, 2.75) is 6.92 Å². The SMILES string of the molecule is CCONN.Cl. The van der Waals surface area contributed by atoms with Crippen molar-refractivity contribution in [1.82, 2.24) is 5.59 Å². The van der Waals surface area contributed by atoms with Gasteiger partial charge in [0.25, 0.3) is 0 Å². The van der Waals surface area contributed by atoms with Crippen LogP contribution in [0.2, 0.25) is 0 Å². The summed E-state index contributed by atoms with van der Waals surface area (Å²) < 4.78 is 0. The van der Waals surface area contributed by atoms with Crippen LogP contribution in [0.25, 0.3) is 0 Å². The van der Waals surface area contributed by atoms with Gasteiger partial charge in [0.2, 0.25) is 0 Å². The van der Waals surface area contributed by atoms with Gasteiger partial charge >= 0.3 is 0 Å². The highest BCUT2D eigenvalue weighted by Gasteiger charge is 1.61. The van der Waals surface area contributed by atoms with Gasteiger partial charge in [0.1, 0.15) is 0 Å². The molecule has 0 aromatic heterocycles. The summed E-state index contributed by atoms with van der Waals surface area (Å²) >= 11 is 0. The summed E-state index contributed by atoms with van der Waals surface area (Å²) in [5, 5.41) is 0. The van der Waals surface area contributed by atoms with Crippen LogP contribution in [-0.4, -0.2) is 6.61 Å². The fraction of sp³-hybridized carbons (Fsp3) is 1.00. The molecule has 0 spiro atoms. The summed E-state index contributed by atoms with van der Waals surface area (Å²) in [6, 6.07) is 0. The van der Waals surface area contributed by atoms with Crippen LogP contribution in [0.3, 0.4) is 0 Å². The smallest absolute Gasteiger partial charge is 0.0670 e. The minimum atomic E-state index is 0. The number of halogens is 1. The van der Waals surface area contributed by atoms with E-state index >= 15 is 0 Å². The van der Waals surface area contributed by atoms with Crippen molar-refractivity contribution in [2.75, 3.05) is 6.61 Å². The summed E-state index contributed by atoms with van der Waals surface area (Å²) in [5.41, 5.74) is 2.02. The second-order valence-electron chi connectivity index (χ2n) is 0.551. The predicted molar refractivity (Wildman–Crippen MR) is 26.2 cm³/mol. The molecule has 0 heterocycles. The van der Waals surface area contributed by atoms with Gasteiger partial charge in [0, 0.05) is 0 Å². The van der Waals surface area contributed by atoms with Crippen molar-refractivity contribution in [1.29, 1.82) is 0 Å². The largest absolute Gasteiger partial charge is 0.288 e. The van der Waals surface area contributed by atoms with E-state index in [0.29, 0.717) is 6.61 Å². The number of hydrogen-bond acceptors (Lipinski definition) is 3. The van der Waals surface area contributed by atoms with Gasteiger partial charge in [0.15, 0.2) is 0 Å². The summed E-state index contributed by atoms with van der Waals surface area (Å²) in [4.78, 5) is 4.36. The van der Waals surface area contributed by atoms with Gasteiger partial charge in [-0.1, -0.05) is 0 Å². The highest BCUT2D eigenvalue weighted by atomic mass is 35.5. The minimum Gasteiger partial charge on any atom is -0.288 e. The zero-order valence-corrected chi connectivity index (χ0v) is 4.42. The van der Waals surface area contributed by atoms with E-state index in [2.05, 4.69) is 10.7 Å². The van der Waals surface area contributed by atoms with Crippen molar-refractivity contribution >= 4 is 12.4 Å². The number of nitrogens with one attached hydrogen (secondary N) is 1. The molecule has 0 aliphatic rings. The minimum absolute atomic E-state index is 0. The Labute approximate surface area is 43.2 Å². The van der Waals surface area contributed by atoms with Crippen molar-refractivity contribution in [3.05, 3.63) is 0 Å². The molecule has 0 saturated carbocycles. The predicted octanol–water partition coefficient (Wildman–Crippen LogP) is -0.177. The Balaban J connectivity index is 0. The van der Waals surface area contributed by atoms with E-state index in [1.54, 1.807) is 0 Å². The van der Waals surface area contributed by atoms with Crippen LogP contribution in [0.1, 0.15) is 6.92 Å². The van der Waals surface area contributed by atoms with Gasteiger partial charge < -0.3 is 0 Å². The maximum absolute atomic E-state index is 4.67. The molecule has 0 aliphatic heterocycles. The van der Waals surface area contributed by atoms with Crippen LogP contribution in [0.15, 0.2) is 0 Å². The molecule has 0 aromatic rings. The Morgan fingerprint density at radius 1 is 1.83 bits per heavy atom. The first kappa shape index (κ1) is 9.48. The average molecular weight is 113 g/mol. The van der Waals surface area contributed by atoms with Gasteiger partial charge in [-0.3, -0.25) is 4.84 Å². The lowest BCUT2D eigenvalue weighted by Gasteiger charge is -1.88. The molecule has 0 unspecified atom stereocenters. The Bertz CT molecular complexity index is 19.0. The van der Waals surface area contributed by atoms with Crippen LogP contribution >= 0.6 is 12.4 Å². The van der Waals surface area contributed by atoms with E-state index in [1.165, 1.54) is 0 Å². The maximum Gasteiger partial charge on any atom is 0.0670 e. The summed E-state index contributed by atoms with van der Waals surface area (Å²) in [7, 11) is 0. The van der Waals surface area contributed by atoms with Gasteiger partial charge in [0.05, 0.1) is 6.61 Å². The molecule has 3 nitrogen and oxygen atoms in total. The lowest BCUT2D eigenvalue weighted by atomic mass is 10.9. The summed E-state index contributed by atoms with van der Waals surface area (Å²) in [6.07, 6.45) is 0. The monoisotopic (exact) mass is 112 g/mol. The van der Waals surface area contributed by atoms with E-state index in [0.717, 1.165) is 0 Å². The Hall–Kier alpha value is 0.170. The van der Waals surface area contributed by atoms with Gasteiger partial charge in [-0.25, -0.2) is 5.84 Å². The molecular formula is C2H9ClN2O. The first-order valence-corrected chi connectivity index (χ1v) is 1.49. The lowest BCUT2D eigenvalue weighted by Crippen LogP contribution is -2.21. The quantitative estimate of drug-likeness (QED) is 0.385. The number of rotatable bonds is 2. The molecule has 0 bridgehead atoms. The molecule has 0 atom stereocenters. The van der Waals surface area contributed by atoms with Crippen LogP contribution in [0.4, 0.5) is 0 Å². The van der Waals surface area contributed by atoms with Crippen molar-refractivity contribution < 1.29 is 4.84 Å². The standard InChI is InChI=1S/C2H8N2O.ClH/c1-2-5-4-3;/h4H,2-3H2,1H3;1H. The summed E-state index contributed by atoms with van der Waals surface area (Å²) in [6.45, 7) is 2.45. The normalized spacial score (nSPS) is 7.00. The third-order valence-electron chi connectivity index (χ3n) is 0.228. The molecule has 0 aromatic carbocycles. The number of hydrazine groups is 1. The molecule has 40 valence electrons. The van der Waals surface area contributed by atoms with E-state index in [-0.39, 0.29) is 12.4 Å². The molecule has 0 aliphatic carbocycles. The fourth-order valence-electron chi connectivity index (χ4n) is 0.0833. The third-order valence-corrected chi connectivity index (χ3v) is 0.228. The van der Waals surface area contributed by atoms with Gasteiger partial charge in [-0.05, 0) is 6.92 Å². The Kier molecular flexibility index (Phi) is 14.1. The molecule has 0 saturated heterocycles.